The predicted molar refractivity (Wildman–Crippen MR) is 82.4 cm³/mol. The summed E-state index contributed by atoms with van der Waals surface area (Å²) in [6.07, 6.45) is 0. The third kappa shape index (κ3) is 2.98. The highest BCUT2D eigenvalue weighted by atomic mass is 79.9. The smallest absolute Gasteiger partial charge is 0.255 e. The Morgan fingerprint density at radius 3 is 2.70 bits per heavy atom. The Morgan fingerprint density at radius 2 is 2.05 bits per heavy atom. The molecule has 0 fully saturated rings. The Hall–Kier alpha value is -2.32. The van der Waals surface area contributed by atoms with E-state index in [-0.39, 0.29) is 5.91 Å². The number of hydrogen-bond donors (Lipinski definition) is 2. The minimum Gasteiger partial charge on any atom is -0.398 e. The fraction of sp³-hybridized carbons (Fsp3) is 0.0667. The van der Waals surface area contributed by atoms with Crippen molar-refractivity contribution >= 4 is 33.2 Å². The Labute approximate surface area is 125 Å². The number of carbonyl (C=O) groups is 1. The highest BCUT2D eigenvalue weighted by Gasteiger charge is 2.10. The van der Waals surface area contributed by atoms with E-state index in [0.717, 1.165) is 10.0 Å². The van der Waals surface area contributed by atoms with Gasteiger partial charge in [-0.1, -0.05) is 22.0 Å². The molecule has 5 heteroatoms. The quantitative estimate of drug-likeness (QED) is 0.828. The number of nitriles is 1. The van der Waals surface area contributed by atoms with Crippen molar-refractivity contribution in [2.24, 2.45) is 0 Å². The monoisotopic (exact) mass is 329 g/mol. The summed E-state index contributed by atoms with van der Waals surface area (Å²) in [5.74, 6) is -0.300. The lowest BCUT2D eigenvalue weighted by Gasteiger charge is -2.09. The van der Waals surface area contributed by atoms with Crippen molar-refractivity contribution in [1.82, 2.24) is 0 Å². The van der Waals surface area contributed by atoms with Gasteiger partial charge in [0.25, 0.3) is 5.91 Å². The molecule has 0 unspecified atom stereocenters. The number of anilines is 2. The van der Waals surface area contributed by atoms with Gasteiger partial charge in [-0.2, -0.15) is 5.26 Å². The molecule has 0 saturated carbocycles. The van der Waals surface area contributed by atoms with Crippen LogP contribution in [0.1, 0.15) is 21.5 Å². The van der Waals surface area contributed by atoms with Crippen LogP contribution in [-0.2, 0) is 0 Å². The van der Waals surface area contributed by atoms with E-state index in [1.54, 1.807) is 36.4 Å². The van der Waals surface area contributed by atoms with Gasteiger partial charge in [-0.05, 0) is 42.8 Å². The molecule has 3 N–H and O–H groups in total. The van der Waals surface area contributed by atoms with Crippen LogP contribution < -0.4 is 11.1 Å². The first-order valence-electron chi connectivity index (χ1n) is 5.88. The van der Waals surface area contributed by atoms with Crippen LogP contribution in [0.15, 0.2) is 40.9 Å². The molecule has 2 aromatic carbocycles. The van der Waals surface area contributed by atoms with Crippen molar-refractivity contribution in [2.45, 2.75) is 6.92 Å². The predicted octanol–water partition coefficient (Wildman–Crippen LogP) is 3.46. The number of nitrogen functional groups attached to an aromatic ring is 1. The summed E-state index contributed by atoms with van der Waals surface area (Å²) >= 11 is 3.31. The first-order chi connectivity index (χ1) is 9.51. The largest absolute Gasteiger partial charge is 0.398 e. The maximum Gasteiger partial charge on any atom is 0.255 e. The summed E-state index contributed by atoms with van der Waals surface area (Å²) in [5, 5.41) is 11.8. The molecule has 20 heavy (non-hydrogen) atoms. The van der Waals surface area contributed by atoms with Crippen molar-refractivity contribution in [1.29, 1.82) is 5.26 Å². The first-order valence-corrected chi connectivity index (χ1v) is 6.67. The van der Waals surface area contributed by atoms with Gasteiger partial charge in [-0.15, -0.1) is 0 Å². The molecule has 0 radical (unpaired) electrons. The lowest BCUT2D eigenvalue weighted by atomic mass is 10.1. The maximum absolute atomic E-state index is 12.2. The van der Waals surface area contributed by atoms with Crippen molar-refractivity contribution in [3.8, 4) is 6.07 Å². The van der Waals surface area contributed by atoms with Crippen molar-refractivity contribution in [2.75, 3.05) is 11.1 Å². The highest BCUT2D eigenvalue weighted by molar-refractivity contribution is 9.10. The second-order valence-corrected chi connectivity index (χ2v) is 5.24. The van der Waals surface area contributed by atoms with Crippen LogP contribution in [0.25, 0.3) is 0 Å². The third-order valence-electron chi connectivity index (χ3n) is 2.89. The lowest BCUT2D eigenvalue weighted by Crippen LogP contribution is -2.13. The number of benzene rings is 2. The zero-order valence-electron chi connectivity index (χ0n) is 10.8. The fourth-order valence-electron chi connectivity index (χ4n) is 1.69. The van der Waals surface area contributed by atoms with Crippen LogP contribution in [0.5, 0.6) is 0 Å². The van der Waals surface area contributed by atoms with Gasteiger partial charge >= 0.3 is 0 Å². The Morgan fingerprint density at radius 1 is 1.30 bits per heavy atom. The average Bonchev–Trinajstić information content (AvgIpc) is 2.42. The third-order valence-corrected chi connectivity index (χ3v) is 3.38. The number of halogens is 1. The van der Waals surface area contributed by atoms with Crippen LogP contribution in [0.3, 0.4) is 0 Å². The normalized spacial score (nSPS) is 9.85. The van der Waals surface area contributed by atoms with E-state index in [1.165, 1.54) is 0 Å². The van der Waals surface area contributed by atoms with Crippen LogP contribution in [0.4, 0.5) is 11.4 Å². The molecule has 0 bridgehead atoms. The van der Waals surface area contributed by atoms with Gasteiger partial charge in [0.15, 0.2) is 0 Å². The molecule has 0 spiro atoms. The van der Waals surface area contributed by atoms with E-state index < -0.39 is 0 Å². The zero-order chi connectivity index (χ0) is 14.7. The molecule has 100 valence electrons. The summed E-state index contributed by atoms with van der Waals surface area (Å²) in [6, 6.07) is 12.2. The topological polar surface area (TPSA) is 78.9 Å². The molecule has 2 rings (SSSR count). The molecule has 0 heterocycles. The fourth-order valence-corrected chi connectivity index (χ4v) is 2.05. The van der Waals surface area contributed by atoms with E-state index in [2.05, 4.69) is 21.2 Å². The maximum atomic E-state index is 12.2. The number of hydrogen-bond acceptors (Lipinski definition) is 3. The molecule has 0 aliphatic carbocycles. The molecule has 0 aliphatic heterocycles. The number of nitrogens with zero attached hydrogens (tertiary/aromatic N) is 1. The zero-order valence-corrected chi connectivity index (χ0v) is 12.4. The van der Waals surface area contributed by atoms with Crippen LogP contribution in [0, 0.1) is 18.3 Å². The van der Waals surface area contributed by atoms with Gasteiger partial charge in [0.1, 0.15) is 6.07 Å². The molecular weight excluding hydrogens is 318 g/mol. The average molecular weight is 330 g/mol. The number of nitrogens with two attached hydrogens (primary N) is 1. The van der Waals surface area contributed by atoms with Crippen molar-refractivity contribution < 1.29 is 4.79 Å². The van der Waals surface area contributed by atoms with E-state index in [1.807, 2.05) is 13.0 Å². The number of rotatable bonds is 2. The molecule has 1 amide bonds. The second-order valence-electron chi connectivity index (χ2n) is 4.33. The Balaban J connectivity index is 2.30. The van der Waals surface area contributed by atoms with Crippen LogP contribution in [-0.4, -0.2) is 5.91 Å². The molecular formula is C15H12BrN3O. The van der Waals surface area contributed by atoms with Gasteiger partial charge < -0.3 is 11.1 Å². The van der Waals surface area contributed by atoms with Crippen molar-refractivity contribution in [3.05, 3.63) is 57.6 Å². The van der Waals surface area contributed by atoms with Crippen LogP contribution >= 0.6 is 15.9 Å². The Bertz CT molecular complexity index is 720. The summed E-state index contributed by atoms with van der Waals surface area (Å²) in [6.45, 7) is 1.87. The molecule has 0 aliphatic rings. The molecule has 4 nitrogen and oxygen atoms in total. The number of nitrogens with one attached hydrogen (secondary N) is 1. The van der Waals surface area contributed by atoms with Crippen molar-refractivity contribution in [3.63, 3.8) is 0 Å². The Kier molecular flexibility index (Phi) is 4.06. The summed E-state index contributed by atoms with van der Waals surface area (Å²) < 4.78 is 0.787. The van der Waals surface area contributed by atoms with E-state index >= 15 is 0 Å². The molecule has 2 aromatic rings. The van der Waals surface area contributed by atoms with Gasteiger partial charge in [-0.25, -0.2) is 0 Å². The van der Waals surface area contributed by atoms with E-state index in [0.29, 0.717) is 22.5 Å². The molecule has 0 atom stereocenters. The SMILES string of the molecule is Cc1ccc(C(=O)Nc2cc(Br)ccc2C#N)cc1N. The number of amides is 1. The molecule has 0 saturated heterocycles. The first kappa shape index (κ1) is 14.1. The highest BCUT2D eigenvalue weighted by Crippen LogP contribution is 2.22. The van der Waals surface area contributed by atoms with Crippen LogP contribution in [0.2, 0.25) is 0 Å². The standard InChI is InChI=1S/C15H12BrN3O/c1-9-2-3-10(6-13(9)18)15(20)19-14-7-12(16)5-4-11(14)8-17/h2-7H,18H2,1H3,(H,19,20). The van der Waals surface area contributed by atoms with Gasteiger partial charge in [0.2, 0.25) is 0 Å². The number of carbonyl (C=O) groups excluding carboxylic acids is 1. The molecule has 0 aromatic heterocycles. The van der Waals surface area contributed by atoms with E-state index in [9.17, 15) is 4.79 Å². The number of aryl methyl sites for hydroxylation is 1. The van der Waals surface area contributed by atoms with Gasteiger partial charge in [-0.3, -0.25) is 4.79 Å². The second kappa shape index (κ2) is 5.76. The minimum absolute atomic E-state index is 0.300. The van der Waals surface area contributed by atoms with E-state index in [4.69, 9.17) is 11.0 Å². The summed E-state index contributed by atoms with van der Waals surface area (Å²) in [5.41, 5.74) is 8.60. The van der Waals surface area contributed by atoms with Gasteiger partial charge in [0.05, 0.1) is 11.3 Å². The lowest BCUT2D eigenvalue weighted by molar-refractivity contribution is 0.102. The summed E-state index contributed by atoms with van der Waals surface area (Å²) in [4.78, 5) is 12.2. The minimum atomic E-state index is -0.300. The summed E-state index contributed by atoms with van der Waals surface area (Å²) in [7, 11) is 0. The van der Waals surface area contributed by atoms with Gasteiger partial charge in [0, 0.05) is 15.7 Å².